The molecule has 0 fully saturated rings. The maximum atomic E-state index is 12.3. The summed E-state index contributed by atoms with van der Waals surface area (Å²) < 4.78 is 41.5. The van der Waals surface area contributed by atoms with Crippen LogP contribution in [0.3, 0.4) is 0 Å². The van der Waals surface area contributed by atoms with Crippen molar-refractivity contribution in [1.29, 1.82) is 0 Å². The lowest BCUT2D eigenvalue weighted by atomic mass is 10.0. The van der Waals surface area contributed by atoms with Crippen LogP contribution in [0.1, 0.15) is 17.2 Å². The fourth-order valence-electron chi connectivity index (χ4n) is 1.40. The van der Waals surface area contributed by atoms with Crippen LogP contribution in [-0.4, -0.2) is 20.1 Å². The summed E-state index contributed by atoms with van der Waals surface area (Å²) in [6.45, 7) is 0. The molecular formula is C11H13ClF3NO2. The molecule has 102 valence electrons. The molecule has 1 aromatic rings. The van der Waals surface area contributed by atoms with Crippen molar-refractivity contribution < 1.29 is 22.7 Å². The van der Waals surface area contributed by atoms with E-state index in [-0.39, 0.29) is 12.4 Å². The zero-order valence-corrected chi connectivity index (χ0v) is 10.6. The zero-order chi connectivity index (χ0) is 13.1. The molecule has 3 nitrogen and oxygen atoms in total. The number of carbonyl (C=O) groups excluding carboxylic acids is 1. The van der Waals surface area contributed by atoms with Gasteiger partial charge >= 0.3 is 12.1 Å². The van der Waals surface area contributed by atoms with E-state index < -0.39 is 23.8 Å². The summed E-state index contributed by atoms with van der Waals surface area (Å²) in [7, 11) is 2.75. The van der Waals surface area contributed by atoms with Crippen molar-refractivity contribution in [2.45, 2.75) is 12.2 Å². The van der Waals surface area contributed by atoms with E-state index in [1.54, 1.807) is 0 Å². The van der Waals surface area contributed by atoms with E-state index in [2.05, 4.69) is 10.1 Å². The molecule has 0 bridgehead atoms. The zero-order valence-electron chi connectivity index (χ0n) is 9.75. The molecule has 1 N–H and O–H groups in total. The molecule has 0 spiro atoms. The molecule has 0 saturated carbocycles. The molecule has 0 aliphatic carbocycles. The van der Waals surface area contributed by atoms with Crippen LogP contribution >= 0.6 is 12.4 Å². The van der Waals surface area contributed by atoms with Gasteiger partial charge in [0.2, 0.25) is 0 Å². The van der Waals surface area contributed by atoms with Gasteiger partial charge < -0.3 is 10.1 Å². The fraction of sp³-hybridized carbons (Fsp3) is 0.364. The number of likely N-dealkylation sites (N-methyl/N-ethyl adjacent to an activating group) is 1. The first-order chi connectivity index (χ1) is 7.90. The largest absolute Gasteiger partial charge is 0.468 e. The topological polar surface area (TPSA) is 38.3 Å². The van der Waals surface area contributed by atoms with Crippen molar-refractivity contribution in [3.8, 4) is 0 Å². The third-order valence-electron chi connectivity index (χ3n) is 2.30. The Morgan fingerprint density at radius 1 is 1.28 bits per heavy atom. The van der Waals surface area contributed by atoms with E-state index in [4.69, 9.17) is 0 Å². The average Bonchev–Trinajstić information content (AvgIpc) is 2.29. The lowest BCUT2D eigenvalue weighted by Crippen LogP contribution is -2.26. The molecule has 1 unspecified atom stereocenters. The minimum absolute atomic E-state index is 0. The Balaban J connectivity index is 0.00000289. The van der Waals surface area contributed by atoms with E-state index in [0.29, 0.717) is 5.56 Å². The Labute approximate surface area is 109 Å². The molecular weight excluding hydrogens is 271 g/mol. The molecule has 18 heavy (non-hydrogen) atoms. The SMILES string of the molecule is CNC(C(=O)OC)c1ccc(C(F)(F)F)cc1.Cl. The number of alkyl halides is 3. The third-order valence-corrected chi connectivity index (χ3v) is 2.30. The predicted molar refractivity (Wildman–Crippen MR) is 62.5 cm³/mol. The number of carbonyl (C=O) groups is 1. The Kier molecular flexibility index (Phi) is 6.14. The van der Waals surface area contributed by atoms with Crippen LogP contribution in [0.25, 0.3) is 0 Å². The quantitative estimate of drug-likeness (QED) is 0.867. The highest BCUT2D eigenvalue weighted by Gasteiger charge is 2.30. The summed E-state index contributed by atoms with van der Waals surface area (Å²) in [6, 6.07) is 3.61. The Morgan fingerprint density at radius 3 is 2.11 bits per heavy atom. The molecule has 1 aromatic carbocycles. The number of nitrogens with one attached hydrogen (secondary N) is 1. The number of hydrogen-bond donors (Lipinski definition) is 1. The number of halogens is 4. The third kappa shape index (κ3) is 3.89. The van der Waals surface area contributed by atoms with Crippen LogP contribution < -0.4 is 5.32 Å². The summed E-state index contributed by atoms with van der Waals surface area (Å²) >= 11 is 0. The summed E-state index contributed by atoms with van der Waals surface area (Å²) in [5, 5.41) is 2.67. The van der Waals surface area contributed by atoms with E-state index in [1.165, 1.54) is 26.3 Å². The van der Waals surface area contributed by atoms with E-state index in [0.717, 1.165) is 12.1 Å². The highest BCUT2D eigenvalue weighted by Crippen LogP contribution is 2.29. The van der Waals surface area contributed by atoms with Gasteiger partial charge in [0.15, 0.2) is 0 Å². The molecule has 0 amide bonds. The van der Waals surface area contributed by atoms with Crippen LogP contribution in [0.2, 0.25) is 0 Å². The van der Waals surface area contributed by atoms with E-state index in [1.807, 2.05) is 0 Å². The van der Waals surface area contributed by atoms with Gasteiger partial charge in [-0.2, -0.15) is 13.2 Å². The number of benzene rings is 1. The van der Waals surface area contributed by atoms with Crippen LogP contribution in [0.15, 0.2) is 24.3 Å². The minimum Gasteiger partial charge on any atom is -0.468 e. The van der Waals surface area contributed by atoms with Crippen LogP contribution in [-0.2, 0) is 15.7 Å². The molecule has 0 saturated heterocycles. The van der Waals surface area contributed by atoms with Gasteiger partial charge in [0.05, 0.1) is 12.7 Å². The fourth-order valence-corrected chi connectivity index (χ4v) is 1.40. The monoisotopic (exact) mass is 283 g/mol. The van der Waals surface area contributed by atoms with Gasteiger partial charge in [0, 0.05) is 0 Å². The van der Waals surface area contributed by atoms with Gasteiger partial charge in [-0.25, -0.2) is 4.79 Å². The molecule has 7 heteroatoms. The Morgan fingerprint density at radius 2 is 1.78 bits per heavy atom. The predicted octanol–water partition coefficient (Wildman–Crippen LogP) is 2.56. The molecule has 1 rings (SSSR count). The van der Waals surface area contributed by atoms with Gasteiger partial charge in [-0.3, -0.25) is 0 Å². The first-order valence-corrected chi connectivity index (χ1v) is 4.82. The summed E-state index contributed by atoms with van der Waals surface area (Å²) in [6.07, 6.45) is -4.38. The first kappa shape index (κ1) is 16.7. The van der Waals surface area contributed by atoms with Gasteiger partial charge in [-0.1, -0.05) is 12.1 Å². The first-order valence-electron chi connectivity index (χ1n) is 4.82. The number of methoxy groups -OCH3 is 1. The summed E-state index contributed by atoms with van der Waals surface area (Å²) in [5.74, 6) is -0.549. The Hall–Kier alpha value is -1.27. The normalized spacial score (nSPS) is 12.5. The van der Waals surface area contributed by atoms with Gasteiger partial charge in [-0.05, 0) is 24.7 Å². The van der Waals surface area contributed by atoms with Crippen molar-refractivity contribution in [3.05, 3.63) is 35.4 Å². The van der Waals surface area contributed by atoms with Crippen LogP contribution in [0.4, 0.5) is 13.2 Å². The second kappa shape index (κ2) is 6.61. The molecule has 0 aliphatic heterocycles. The smallest absolute Gasteiger partial charge is 0.416 e. The molecule has 0 heterocycles. The van der Waals surface area contributed by atoms with Gasteiger partial charge in [-0.15, -0.1) is 12.4 Å². The van der Waals surface area contributed by atoms with Crippen LogP contribution in [0, 0.1) is 0 Å². The number of hydrogen-bond acceptors (Lipinski definition) is 3. The van der Waals surface area contributed by atoms with E-state index >= 15 is 0 Å². The minimum atomic E-state index is -4.38. The second-order valence-corrected chi connectivity index (χ2v) is 3.36. The summed E-state index contributed by atoms with van der Waals surface area (Å²) in [4.78, 5) is 11.3. The maximum absolute atomic E-state index is 12.3. The van der Waals surface area contributed by atoms with Crippen LogP contribution in [0.5, 0.6) is 0 Å². The van der Waals surface area contributed by atoms with E-state index in [9.17, 15) is 18.0 Å². The second-order valence-electron chi connectivity index (χ2n) is 3.36. The summed E-state index contributed by atoms with van der Waals surface area (Å²) in [5.41, 5.74) is -0.326. The van der Waals surface area contributed by atoms with Crippen molar-refractivity contribution in [2.75, 3.05) is 14.2 Å². The Bertz CT molecular complexity index is 392. The molecule has 0 aromatic heterocycles. The standard InChI is InChI=1S/C11H12F3NO2.ClH/c1-15-9(10(16)17-2)7-3-5-8(6-4-7)11(12,13)14;/h3-6,9,15H,1-2H3;1H. The van der Waals surface area contributed by atoms with Crippen molar-refractivity contribution in [1.82, 2.24) is 5.32 Å². The average molecular weight is 284 g/mol. The highest BCUT2D eigenvalue weighted by molar-refractivity contribution is 5.85. The lowest BCUT2D eigenvalue weighted by molar-refractivity contribution is -0.143. The molecule has 1 atom stereocenters. The molecule has 0 radical (unpaired) electrons. The number of ether oxygens (including phenoxy) is 1. The van der Waals surface area contributed by atoms with Crippen molar-refractivity contribution in [2.24, 2.45) is 0 Å². The molecule has 0 aliphatic rings. The van der Waals surface area contributed by atoms with Gasteiger partial charge in [0.25, 0.3) is 0 Å². The van der Waals surface area contributed by atoms with Crippen molar-refractivity contribution in [3.63, 3.8) is 0 Å². The number of esters is 1. The van der Waals surface area contributed by atoms with Gasteiger partial charge in [0.1, 0.15) is 6.04 Å². The lowest BCUT2D eigenvalue weighted by Gasteiger charge is -2.14. The number of rotatable bonds is 3. The highest BCUT2D eigenvalue weighted by atomic mass is 35.5. The maximum Gasteiger partial charge on any atom is 0.416 e. The van der Waals surface area contributed by atoms with Crippen molar-refractivity contribution >= 4 is 18.4 Å².